The van der Waals surface area contributed by atoms with Gasteiger partial charge in [0.2, 0.25) is 11.4 Å². The second-order valence-electron chi connectivity index (χ2n) is 26.9. The molecule has 0 saturated heterocycles. The van der Waals surface area contributed by atoms with Crippen molar-refractivity contribution >= 4 is 23.8 Å². The van der Waals surface area contributed by atoms with Crippen LogP contribution in [0.1, 0.15) is 176 Å². The Bertz CT molecular complexity index is 2680. The molecular formula is C60H78O8. The normalized spacial score (nSPS) is 48.2. The van der Waals surface area contributed by atoms with E-state index in [2.05, 4.69) is 99.6 Å². The molecule has 10 aliphatic rings. The number of hydrogen-bond acceptors (Lipinski definition) is 8. The molecule has 1 aliphatic heterocycles. The van der Waals surface area contributed by atoms with Crippen molar-refractivity contribution in [2.45, 2.75) is 183 Å². The van der Waals surface area contributed by atoms with Crippen LogP contribution >= 0.6 is 0 Å². The van der Waals surface area contributed by atoms with Crippen molar-refractivity contribution in [3.05, 3.63) is 74.9 Å². The summed E-state index contributed by atoms with van der Waals surface area (Å²) in [5.74, 6) is -1.03. The van der Waals surface area contributed by atoms with Gasteiger partial charge in [0.05, 0.1) is 25.0 Å². The average molecular weight is 927 g/mol. The van der Waals surface area contributed by atoms with Gasteiger partial charge >= 0.3 is 17.7 Å². The first-order valence-corrected chi connectivity index (χ1v) is 26.1. The molecule has 1 N–H and O–H groups in total. The molecular weight excluding hydrogens is 849 g/mol. The lowest BCUT2D eigenvalue weighted by Crippen LogP contribution is -2.69. The molecule has 0 radical (unpaired) electrons. The number of aliphatic hydroxyl groups is 1. The van der Waals surface area contributed by atoms with Crippen LogP contribution in [-0.2, 0) is 29.3 Å². The summed E-state index contributed by atoms with van der Waals surface area (Å²) in [6.07, 6.45) is 23.2. The quantitative estimate of drug-likeness (QED) is 0.292. The van der Waals surface area contributed by atoms with E-state index in [0.29, 0.717) is 17.4 Å². The lowest BCUT2D eigenvalue weighted by Gasteiger charge is -2.71. The standard InChI is InChI=1S/C60H78O8/c1-34-31-51(4)20-22-52(5,48(62)65-13)32-43(51)56(9)25-24-54(7)38(46(34)56)17-16-37-40(54)30-45(61)60(64)59(37,12)67-41-29-39-36(35(2)47(41)68-60)15-18-42-55(39,8)26-28-58(11)44-33-53(6,49(63)66-14)21-19-50(44,3)23-27-57(42,58)10/h15-18,29-30,42-44,64H,19-28,31-33H2,1-14H3/t42-,43-,44+,50-,51-,52-,53-,54-,55+,56+,57-,58+,59+,60-/m1/s1. The largest absolute Gasteiger partial charge is 0.471 e. The molecule has 0 amide bonds. The van der Waals surface area contributed by atoms with Crippen molar-refractivity contribution in [2.75, 3.05) is 14.2 Å². The van der Waals surface area contributed by atoms with Crippen LogP contribution in [0.3, 0.4) is 0 Å². The van der Waals surface area contributed by atoms with E-state index in [1.54, 1.807) is 6.08 Å². The lowest BCUT2D eigenvalue weighted by molar-refractivity contribution is -0.231. The first-order valence-electron chi connectivity index (χ1n) is 26.1. The zero-order valence-electron chi connectivity index (χ0n) is 43.7. The van der Waals surface area contributed by atoms with Gasteiger partial charge in [0.1, 0.15) is 0 Å². The summed E-state index contributed by atoms with van der Waals surface area (Å²) in [6, 6.07) is 2.20. The van der Waals surface area contributed by atoms with E-state index in [9.17, 15) is 19.5 Å². The average Bonchev–Trinajstić information content (AvgIpc) is 3.29. The van der Waals surface area contributed by atoms with Gasteiger partial charge in [0.25, 0.3) is 0 Å². The van der Waals surface area contributed by atoms with Crippen LogP contribution in [0.2, 0.25) is 0 Å². The van der Waals surface area contributed by atoms with E-state index < -0.39 is 33.4 Å². The Labute approximate surface area is 405 Å². The maximum Gasteiger partial charge on any atom is 0.317 e. The molecule has 68 heavy (non-hydrogen) atoms. The van der Waals surface area contributed by atoms with E-state index in [4.69, 9.17) is 18.9 Å². The van der Waals surface area contributed by atoms with Gasteiger partial charge < -0.3 is 24.1 Å². The summed E-state index contributed by atoms with van der Waals surface area (Å²) >= 11 is 0. The van der Waals surface area contributed by atoms with Gasteiger partial charge in [-0.2, -0.15) is 0 Å². The Morgan fingerprint density at radius 2 is 1.26 bits per heavy atom. The number of allylic oxidation sites excluding steroid dienone is 6. The number of carbonyl (C=O) groups excluding carboxylic acids is 3. The van der Waals surface area contributed by atoms with Gasteiger partial charge in [-0.05, 0) is 203 Å². The number of rotatable bonds is 2. The second-order valence-corrected chi connectivity index (χ2v) is 26.9. The van der Waals surface area contributed by atoms with Crippen LogP contribution in [0.5, 0.6) is 11.5 Å². The van der Waals surface area contributed by atoms with E-state index in [0.717, 1.165) is 106 Å². The predicted molar refractivity (Wildman–Crippen MR) is 264 cm³/mol. The SMILES string of the molecule is COC(=O)[C@]1(C)CC[C@]2(C)CC(C)=C3C4=CC=C5C(=CC(=O)[C@@]6(O)Oc7c(cc8c(c7C)C=C[C@@H]7[C@@]8(C)CC[C@@]8(C)[C@H]9C[C@](C)(C(=O)OC)CC[C@]9(C)CC[C@]78C)O[C@@]56C)[C@]4(C)CC[C@@]3(C)[C@@H]2C1. The van der Waals surface area contributed by atoms with Crippen molar-refractivity contribution in [1.82, 2.24) is 0 Å². The summed E-state index contributed by atoms with van der Waals surface area (Å²) in [7, 11) is 3.06. The van der Waals surface area contributed by atoms with E-state index in [1.807, 2.05) is 13.8 Å². The number of ketones is 1. The van der Waals surface area contributed by atoms with Gasteiger partial charge in [-0.1, -0.05) is 78.3 Å². The van der Waals surface area contributed by atoms with Gasteiger partial charge in [-0.15, -0.1) is 0 Å². The van der Waals surface area contributed by atoms with Crippen molar-refractivity contribution in [2.24, 2.45) is 61.1 Å². The Balaban J connectivity index is 0.972. The fourth-order valence-corrected chi connectivity index (χ4v) is 18.8. The minimum absolute atomic E-state index is 0.0121. The topological polar surface area (TPSA) is 108 Å². The Morgan fingerprint density at radius 3 is 1.93 bits per heavy atom. The molecule has 5 fully saturated rings. The molecule has 1 aromatic carbocycles. The summed E-state index contributed by atoms with van der Waals surface area (Å²) in [5.41, 5.74) is 5.72. The van der Waals surface area contributed by atoms with Gasteiger partial charge in [0, 0.05) is 22.0 Å². The first-order chi connectivity index (χ1) is 31.6. The maximum absolute atomic E-state index is 14.8. The summed E-state index contributed by atoms with van der Waals surface area (Å²) in [6.45, 7) is 27.7. The first kappa shape index (κ1) is 46.5. The lowest BCUT2D eigenvalue weighted by atomic mass is 9.33. The van der Waals surface area contributed by atoms with Crippen molar-refractivity contribution in [1.29, 1.82) is 0 Å². The van der Waals surface area contributed by atoms with E-state index in [-0.39, 0.29) is 56.3 Å². The number of methoxy groups -OCH3 is 2. The Hall–Kier alpha value is -3.91. The highest BCUT2D eigenvalue weighted by Crippen LogP contribution is 2.76. The minimum atomic E-state index is -2.28. The third kappa shape index (κ3) is 5.35. The van der Waals surface area contributed by atoms with E-state index >= 15 is 0 Å². The van der Waals surface area contributed by atoms with Crippen LogP contribution in [0.25, 0.3) is 6.08 Å². The van der Waals surface area contributed by atoms with E-state index in [1.165, 1.54) is 36.5 Å². The smallest absolute Gasteiger partial charge is 0.317 e. The van der Waals surface area contributed by atoms with Crippen LogP contribution in [0.15, 0.2) is 58.2 Å². The van der Waals surface area contributed by atoms with Crippen molar-refractivity contribution in [3.8, 4) is 11.5 Å². The molecule has 5 saturated carbocycles. The monoisotopic (exact) mass is 927 g/mol. The van der Waals surface area contributed by atoms with Crippen LogP contribution < -0.4 is 9.47 Å². The number of esters is 2. The summed E-state index contributed by atoms with van der Waals surface area (Å²) in [4.78, 5) is 41.5. The molecule has 8 heteroatoms. The van der Waals surface area contributed by atoms with Crippen LogP contribution in [-0.4, -0.2) is 48.4 Å². The third-order valence-corrected chi connectivity index (χ3v) is 23.4. The summed E-state index contributed by atoms with van der Waals surface area (Å²) < 4.78 is 24.9. The molecule has 1 aromatic rings. The summed E-state index contributed by atoms with van der Waals surface area (Å²) in [5, 5.41) is 12.8. The number of fused-ring (bicyclic) bond motifs is 17. The van der Waals surface area contributed by atoms with Gasteiger partial charge in [0.15, 0.2) is 11.5 Å². The number of ether oxygens (including phenoxy) is 4. The highest BCUT2D eigenvalue weighted by Gasteiger charge is 2.71. The number of hydrogen-bond donors (Lipinski definition) is 1. The van der Waals surface area contributed by atoms with Crippen molar-refractivity contribution < 1.29 is 38.4 Å². The molecule has 0 unspecified atom stereocenters. The number of carbonyl (C=O) groups is 3. The highest BCUT2D eigenvalue weighted by atomic mass is 16.7. The number of benzene rings is 1. The fourth-order valence-electron chi connectivity index (χ4n) is 18.8. The van der Waals surface area contributed by atoms with Crippen molar-refractivity contribution in [3.63, 3.8) is 0 Å². The Morgan fingerprint density at radius 1 is 0.676 bits per heavy atom. The molecule has 0 bridgehead atoms. The molecule has 9 aliphatic carbocycles. The molecule has 8 nitrogen and oxygen atoms in total. The predicted octanol–water partition coefficient (Wildman–Crippen LogP) is 12.6. The second kappa shape index (κ2) is 13.7. The fraction of sp³-hybridized carbons (Fsp3) is 0.683. The minimum Gasteiger partial charge on any atom is -0.471 e. The van der Waals surface area contributed by atoms with Gasteiger partial charge in [-0.25, -0.2) is 0 Å². The molecule has 11 rings (SSSR count). The molecule has 14 atom stereocenters. The Kier molecular flexibility index (Phi) is 9.38. The molecule has 1 heterocycles. The maximum atomic E-state index is 14.8. The molecule has 0 aromatic heterocycles. The third-order valence-electron chi connectivity index (χ3n) is 23.4. The zero-order chi connectivity index (χ0) is 49.0. The zero-order valence-corrected chi connectivity index (χ0v) is 43.7. The van der Waals surface area contributed by atoms with Gasteiger partial charge in [-0.3, -0.25) is 14.4 Å². The molecule has 0 spiro atoms. The molecule has 366 valence electrons. The van der Waals surface area contributed by atoms with Crippen LogP contribution in [0.4, 0.5) is 0 Å². The van der Waals surface area contributed by atoms with Crippen LogP contribution in [0, 0.1) is 68.0 Å². The highest BCUT2D eigenvalue weighted by molar-refractivity contribution is 6.02.